The number of methoxy groups -OCH3 is 2. The Labute approximate surface area is 169 Å². The molecular formula is C18H16Cl2N2O4S. The van der Waals surface area contributed by atoms with Gasteiger partial charge in [-0.1, -0.05) is 34.5 Å². The molecule has 3 aromatic rings. The average Bonchev–Trinajstić information content (AvgIpc) is 2.94. The van der Waals surface area contributed by atoms with Gasteiger partial charge in [-0.05, 0) is 18.2 Å². The van der Waals surface area contributed by atoms with Crippen molar-refractivity contribution >= 4 is 50.7 Å². The topological polar surface area (TPSA) is 62.0 Å². The molecule has 0 atom stereocenters. The quantitative estimate of drug-likeness (QED) is 0.616. The molecule has 0 aliphatic heterocycles. The minimum absolute atomic E-state index is 0.234. The van der Waals surface area contributed by atoms with E-state index in [0.717, 1.165) is 10.2 Å². The number of nitrogens with zero attached hydrogens (tertiary/aromatic N) is 2. The van der Waals surface area contributed by atoms with Gasteiger partial charge in [-0.15, -0.1) is 0 Å². The van der Waals surface area contributed by atoms with E-state index < -0.39 is 5.91 Å². The number of carbonyl (C=O) groups is 1. The summed E-state index contributed by atoms with van der Waals surface area (Å²) < 4.78 is 18.8. The summed E-state index contributed by atoms with van der Waals surface area (Å²) in [6.07, 6.45) is 0. The lowest BCUT2D eigenvalue weighted by molar-refractivity contribution is -0.120. The van der Waals surface area contributed by atoms with Crippen LogP contribution < -0.4 is 19.0 Å². The smallest absolute Gasteiger partial charge is 0.286 e. The maximum absolute atomic E-state index is 12.2. The van der Waals surface area contributed by atoms with E-state index in [-0.39, 0.29) is 6.61 Å². The Hall–Kier alpha value is -2.22. The van der Waals surface area contributed by atoms with Crippen LogP contribution in [0, 0.1) is 0 Å². The molecule has 3 rings (SSSR count). The fraction of sp³-hybridized carbons (Fsp3) is 0.222. The number of benzene rings is 2. The second-order valence-corrected chi connectivity index (χ2v) is 7.34. The first kappa shape index (κ1) is 19.5. The number of thiazole rings is 1. The van der Waals surface area contributed by atoms with Crippen LogP contribution >= 0.6 is 34.5 Å². The second kappa shape index (κ2) is 8.21. The van der Waals surface area contributed by atoms with Gasteiger partial charge >= 0.3 is 0 Å². The van der Waals surface area contributed by atoms with Gasteiger partial charge in [0.25, 0.3) is 5.91 Å². The van der Waals surface area contributed by atoms with Gasteiger partial charge in [0.15, 0.2) is 22.9 Å². The van der Waals surface area contributed by atoms with Crippen molar-refractivity contribution in [2.75, 3.05) is 20.8 Å². The van der Waals surface area contributed by atoms with E-state index >= 15 is 0 Å². The van der Waals surface area contributed by atoms with Gasteiger partial charge in [0.2, 0.25) is 0 Å². The van der Waals surface area contributed by atoms with Gasteiger partial charge in [-0.2, -0.15) is 4.99 Å². The van der Waals surface area contributed by atoms with Crippen molar-refractivity contribution in [3.8, 4) is 17.2 Å². The zero-order valence-corrected chi connectivity index (χ0v) is 17.1. The Balaban J connectivity index is 1.86. The maximum atomic E-state index is 12.2. The molecule has 0 fully saturated rings. The third kappa shape index (κ3) is 4.21. The third-order valence-electron chi connectivity index (χ3n) is 3.78. The summed E-state index contributed by atoms with van der Waals surface area (Å²) in [5.74, 6) is 1.17. The Bertz CT molecular complexity index is 1080. The molecule has 0 radical (unpaired) electrons. The summed E-state index contributed by atoms with van der Waals surface area (Å²) >= 11 is 13.2. The third-order valence-corrected chi connectivity index (χ3v) is 5.41. The highest BCUT2D eigenvalue weighted by atomic mass is 35.5. The SMILES string of the molecule is COc1cc2sc(=NC(=O)COc3ccc(Cl)cc3Cl)n(C)c2cc1OC. The van der Waals surface area contributed by atoms with Crippen molar-refractivity contribution < 1.29 is 19.0 Å². The number of amides is 1. The van der Waals surface area contributed by atoms with Gasteiger partial charge in [-0.3, -0.25) is 4.79 Å². The van der Waals surface area contributed by atoms with Crippen molar-refractivity contribution in [2.45, 2.75) is 0 Å². The highest BCUT2D eigenvalue weighted by molar-refractivity contribution is 7.16. The Kier molecular flexibility index (Phi) is 5.94. The number of halogens is 2. The molecule has 0 saturated heterocycles. The minimum atomic E-state index is -0.429. The summed E-state index contributed by atoms with van der Waals surface area (Å²) in [5.41, 5.74) is 0.880. The van der Waals surface area contributed by atoms with Crippen LogP contribution in [-0.2, 0) is 11.8 Å². The zero-order chi connectivity index (χ0) is 19.6. The normalized spacial score (nSPS) is 11.7. The molecule has 0 aliphatic carbocycles. The molecule has 27 heavy (non-hydrogen) atoms. The molecule has 1 aromatic heterocycles. The summed E-state index contributed by atoms with van der Waals surface area (Å²) in [6, 6.07) is 8.49. The van der Waals surface area contributed by atoms with Gasteiger partial charge in [0, 0.05) is 24.2 Å². The number of aromatic nitrogens is 1. The molecule has 0 N–H and O–H groups in total. The Morgan fingerprint density at radius 2 is 1.81 bits per heavy atom. The number of aryl methyl sites for hydroxylation is 1. The van der Waals surface area contributed by atoms with E-state index in [1.54, 1.807) is 32.4 Å². The van der Waals surface area contributed by atoms with Crippen molar-refractivity contribution in [2.24, 2.45) is 12.0 Å². The molecule has 0 saturated carbocycles. The molecule has 1 amide bonds. The lowest BCUT2D eigenvalue weighted by Crippen LogP contribution is -2.17. The molecule has 1 heterocycles. The van der Waals surface area contributed by atoms with Crippen molar-refractivity contribution in [1.82, 2.24) is 4.57 Å². The summed E-state index contributed by atoms with van der Waals surface area (Å²) in [7, 11) is 4.98. The number of carbonyl (C=O) groups excluding carboxylic acids is 1. The molecule has 0 aliphatic rings. The lowest BCUT2D eigenvalue weighted by atomic mass is 10.3. The first-order chi connectivity index (χ1) is 12.9. The summed E-state index contributed by atoms with van der Waals surface area (Å²) in [6.45, 7) is -0.234. The summed E-state index contributed by atoms with van der Waals surface area (Å²) in [5, 5.41) is 0.827. The van der Waals surface area contributed by atoms with E-state index in [1.165, 1.54) is 11.3 Å². The maximum Gasteiger partial charge on any atom is 0.286 e. The van der Waals surface area contributed by atoms with Crippen LogP contribution in [0.5, 0.6) is 17.2 Å². The van der Waals surface area contributed by atoms with E-state index in [9.17, 15) is 4.79 Å². The molecule has 2 aromatic carbocycles. The van der Waals surface area contributed by atoms with E-state index in [1.807, 2.05) is 23.7 Å². The fourth-order valence-electron chi connectivity index (χ4n) is 2.43. The first-order valence-corrected chi connectivity index (χ1v) is 9.37. The van der Waals surface area contributed by atoms with E-state index in [4.69, 9.17) is 37.4 Å². The molecule has 142 valence electrons. The number of hydrogen-bond acceptors (Lipinski definition) is 5. The fourth-order valence-corrected chi connectivity index (χ4v) is 3.94. The van der Waals surface area contributed by atoms with Gasteiger partial charge in [-0.25, -0.2) is 0 Å². The highest BCUT2D eigenvalue weighted by Crippen LogP contribution is 2.33. The van der Waals surface area contributed by atoms with E-state index in [2.05, 4.69) is 4.99 Å². The highest BCUT2D eigenvalue weighted by Gasteiger charge is 2.12. The van der Waals surface area contributed by atoms with Gasteiger partial charge in [0.05, 0.1) is 29.5 Å². The van der Waals surface area contributed by atoms with Crippen molar-refractivity contribution in [3.05, 3.63) is 45.2 Å². The zero-order valence-electron chi connectivity index (χ0n) is 14.8. The first-order valence-electron chi connectivity index (χ1n) is 7.80. The number of hydrogen-bond donors (Lipinski definition) is 0. The van der Waals surface area contributed by atoms with Crippen LogP contribution in [0.1, 0.15) is 0 Å². The Morgan fingerprint density at radius 3 is 2.48 bits per heavy atom. The number of rotatable bonds is 5. The predicted octanol–water partition coefficient (Wildman–Crippen LogP) is 4.07. The van der Waals surface area contributed by atoms with Crippen LogP contribution in [0.25, 0.3) is 10.2 Å². The largest absolute Gasteiger partial charge is 0.493 e. The monoisotopic (exact) mass is 426 g/mol. The van der Waals surface area contributed by atoms with Crippen LogP contribution in [0.15, 0.2) is 35.3 Å². The molecular weight excluding hydrogens is 411 g/mol. The molecule has 0 unspecified atom stereocenters. The van der Waals surface area contributed by atoms with Gasteiger partial charge < -0.3 is 18.8 Å². The predicted molar refractivity (Wildman–Crippen MR) is 106 cm³/mol. The molecule has 6 nitrogen and oxygen atoms in total. The van der Waals surface area contributed by atoms with Crippen molar-refractivity contribution in [3.63, 3.8) is 0 Å². The second-order valence-electron chi connectivity index (χ2n) is 5.49. The lowest BCUT2D eigenvalue weighted by Gasteiger charge is -2.07. The van der Waals surface area contributed by atoms with Crippen LogP contribution in [0.4, 0.5) is 0 Å². The van der Waals surface area contributed by atoms with Crippen molar-refractivity contribution in [1.29, 1.82) is 0 Å². The van der Waals surface area contributed by atoms with Crippen LogP contribution in [-0.4, -0.2) is 31.3 Å². The average molecular weight is 427 g/mol. The van der Waals surface area contributed by atoms with Crippen LogP contribution in [0.2, 0.25) is 10.0 Å². The number of ether oxygens (including phenoxy) is 3. The standard InChI is InChI=1S/C18H16Cl2N2O4S/c1-22-12-7-14(24-2)15(25-3)8-16(12)27-18(22)21-17(23)9-26-13-5-4-10(19)6-11(13)20/h4-8H,9H2,1-3H3. The molecule has 9 heteroatoms. The Morgan fingerprint density at radius 1 is 1.11 bits per heavy atom. The molecule has 0 spiro atoms. The summed E-state index contributed by atoms with van der Waals surface area (Å²) in [4.78, 5) is 16.9. The molecule has 0 bridgehead atoms. The minimum Gasteiger partial charge on any atom is -0.493 e. The van der Waals surface area contributed by atoms with Crippen LogP contribution in [0.3, 0.4) is 0 Å². The number of fused-ring (bicyclic) bond motifs is 1. The van der Waals surface area contributed by atoms with E-state index in [0.29, 0.717) is 32.1 Å². The van der Waals surface area contributed by atoms with Gasteiger partial charge in [0.1, 0.15) is 5.75 Å².